The Morgan fingerprint density at radius 1 is 1.19 bits per heavy atom. The molecule has 0 spiro atoms. The topological polar surface area (TPSA) is 18.5 Å². The minimum Gasteiger partial charge on any atom is -0.497 e. The summed E-state index contributed by atoms with van der Waals surface area (Å²) in [6.07, 6.45) is 8.07. The normalized spacial score (nSPS) is 9.75. The van der Waals surface area contributed by atoms with Crippen molar-refractivity contribution in [1.29, 1.82) is 0 Å². The largest absolute Gasteiger partial charge is 0.497 e. The first-order valence-electron chi connectivity index (χ1n) is 5.51. The zero-order chi connectivity index (χ0) is 11.6. The molecule has 0 fully saturated rings. The van der Waals surface area contributed by atoms with Gasteiger partial charge in [0.15, 0.2) is 0 Å². The summed E-state index contributed by atoms with van der Waals surface area (Å²) in [4.78, 5) is 0. The van der Waals surface area contributed by atoms with E-state index in [1.54, 1.807) is 7.11 Å². The highest BCUT2D eigenvalue weighted by Gasteiger charge is 1.94. The van der Waals surface area contributed by atoms with Crippen molar-refractivity contribution in [2.75, 3.05) is 13.7 Å². The Bertz CT molecular complexity index is 322. The van der Waals surface area contributed by atoms with E-state index in [9.17, 15) is 0 Å². The van der Waals surface area contributed by atoms with Gasteiger partial charge in [0, 0.05) is 13.0 Å². The van der Waals surface area contributed by atoms with Gasteiger partial charge in [0.2, 0.25) is 0 Å². The molecule has 0 unspecified atom stereocenters. The molecule has 1 aromatic rings. The van der Waals surface area contributed by atoms with Gasteiger partial charge in [0.1, 0.15) is 5.75 Å². The highest BCUT2D eigenvalue weighted by atomic mass is 16.5. The van der Waals surface area contributed by atoms with Crippen molar-refractivity contribution < 1.29 is 9.47 Å². The Hall–Kier alpha value is -1.46. The van der Waals surface area contributed by atoms with E-state index in [-0.39, 0.29) is 0 Å². The van der Waals surface area contributed by atoms with Crippen molar-refractivity contribution in [3.8, 4) is 18.1 Å². The van der Waals surface area contributed by atoms with Crippen molar-refractivity contribution in [3.05, 3.63) is 29.8 Å². The van der Waals surface area contributed by atoms with Crippen LogP contribution in [0.15, 0.2) is 24.3 Å². The molecule has 0 N–H and O–H groups in total. The first-order chi connectivity index (χ1) is 7.86. The lowest BCUT2D eigenvalue weighted by Crippen LogP contribution is -1.95. The number of ether oxygens (including phenoxy) is 2. The van der Waals surface area contributed by atoms with Crippen LogP contribution < -0.4 is 4.74 Å². The Kier molecular flexibility index (Phi) is 6.13. The second kappa shape index (κ2) is 7.78. The van der Waals surface area contributed by atoms with Crippen molar-refractivity contribution >= 4 is 0 Å². The maximum atomic E-state index is 5.53. The van der Waals surface area contributed by atoms with Gasteiger partial charge in [-0.3, -0.25) is 0 Å². The molecule has 86 valence electrons. The Morgan fingerprint density at radius 2 is 1.94 bits per heavy atom. The summed E-state index contributed by atoms with van der Waals surface area (Å²) in [6.45, 7) is 1.42. The van der Waals surface area contributed by atoms with E-state index in [4.69, 9.17) is 15.9 Å². The number of terminal acetylenes is 1. The molecule has 16 heavy (non-hydrogen) atoms. The Morgan fingerprint density at radius 3 is 2.56 bits per heavy atom. The van der Waals surface area contributed by atoms with Crippen molar-refractivity contribution in [3.63, 3.8) is 0 Å². The van der Waals surface area contributed by atoms with Crippen molar-refractivity contribution in [2.45, 2.75) is 25.9 Å². The monoisotopic (exact) mass is 218 g/mol. The predicted octanol–water partition coefficient (Wildman–Crippen LogP) is 3.02. The van der Waals surface area contributed by atoms with Crippen molar-refractivity contribution in [1.82, 2.24) is 0 Å². The molecule has 0 aromatic heterocycles. The summed E-state index contributed by atoms with van der Waals surface area (Å²) < 4.78 is 10.6. The lowest BCUT2D eigenvalue weighted by molar-refractivity contribution is 0.117. The lowest BCUT2D eigenvalue weighted by atomic mass is 10.2. The summed E-state index contributed by atoms with van der Waals surface area (Å²) in [5.74, 6) is 3.49. The minimum absolute atomic E-state index is 0.653. The maximum Gasteiger partial charge on any atom is 0.118 e. The van der Waals surface area contributed by atoms with Crippen LogP contribution in [-0.2, 0) is 11.3 Å². The summed E-state index contributed by atoms with van der Waals surface area (Å²) >= 11 is 0. The fourth-order valence-corrected chi connectivity index (χ4v) is 1.34. The van der Waals surface area contributed by atoms with Crippen LogP contribution in [0.4, 0.5) is 0 Å². The van der Waals surface area contributed by atoms with E-state index in [1.165, 1.54) is 0 Å². The third-order valence-electron chi connectivity index (χ3n) is 2.29. The molecule has 0 radical (unpaired) electrons. The van der Waals surface area contributed by atoms with Crippen molar-refractivity contribution in [2.24, 2.45) is 0 Å². The third-order valence-corrected chi connectivity index (χ3v) is 2.29. The van der Waals surface area contributed by atoms with Crippen LogP contribution in [0.2, 0.25) is 0 Å². The second-order valence-electron chi connectivity index (χ2n) is 3.56. The van der Waals surface area contributed by atoms with Gasteiger partial charge in [-0.25, -0.2) is 0 Å². The summed E-state index contributed by atoms with van der Waals surface area (Å²) in [5.41, 5.74) is 1.16. The SMILES string of the molecule is C#CCCCCOCc1ccc(OC)cc1. The third kappa shape index (κ3) is 4.86. The van der Waals surface area contributed by atoms with E-state index in [1.807, 2.05) is 24.3 Å². The molecular weight excluding hydrogens is 200 g/mol. The average Bonchev–Trinajstić information content (AvgIpc) is 2.34. The highest BCUT2D eigenvalue weighted by molar-refractivity contribution is 5.26. The smallest absolute Gasteiger partial charge is 0.118 e. The number of hydrogen-bond acceptors (Lipinski definition) is 2. The molecule has 0 aliphatic rings. The number of benzene rings is 1. The summed E-state index contributed by atoms with van der Waals surface area (Å²) in [7, 11) is 1.66. The predicted molar refractivity (Wildman–Crippen MR) is 65.3 cm³/mol. The van der Waals surface area contributed by atoms with Gasteiger partial charge in [0.25, 0.3) is 0 Å². The molecule has 1 rings (SSSR count). The van der Waals surface area contributed by atoms with E-state index in [0.717, 1.165) is 37.2 Å². The van der Waals surface area contributed by atoms with Gasteiger partial charge in [-0.05, 0) is 30.5 Å². The van der Waals surface area contributed by atoms with Crippen LogP contribution >= 0.6 is 0 Å². The van der Waals surface area contributed by atoms with Crippen LogP contribution in [0.25, 0.3) is 0 Å². The van der Waals surface area contributed by atoms with Crippen LogP contribution in [0, 0.1) is 12.3 Å². The zero-order valence-corrected chi connectivity index (χ0v) is 9.74. The Balaban J connectivity index is 2.15. The molecule has 0 bridgehead atoms. The van der Waals surface area contributed by atoms with Gasteiger partial charge >= 0.3 is 0 Å². The highest BCUT2D eigenvalue weighted by Crippen LogP contribution is 2.12. The van der Waals surface area contributed by atoms with E-state index < -0.39 is 0 Å². The van der Waals surface area contributed by atoms with E-state index >= 15 is 0 Å². The van der Waals surface area contributed by atoms with Crippen LogP contribution in [-0.4, -0.2) is 13.7 Å². The molecule has 0 amide bonds. The summed E-state index contributed by atoms with van der Waals surface area (Å²) in [6, 6.07) is 7.91. The van der Waals surface area contributed by atoms with Crippen LogP contribution in [0.1, 0.15) is 24.8 Å². The number of rotatable bonds is 7. The lowest BCUT2D eigenvalue weighted by Gasteiger charge is -2.04. The minimum atomic E-state index is 0.653. The van der Waals surface area contributed by atoms with Gasteiger partial charge in [-0.15, -0.1) is 12.3 Å². The molecule has 0 atom stereocenters. The number of unbranched alkanes of at least 4 members (excludes halogenated alkanes) is 2. The molecule has 0 saturated carbocycles. The number of hydrogen-bond donors (Lipinski definition) is 0. The molecule has 2 heteroatoms. The average molecular weight is 218 g/mol. The molecule has 0 saturated heterocycles. The molecular formula is C14H18O2. The van der Waals surface area contributed by atoms with Gasteiger partial charge in [-0.2, -0.15) is 0 Å². The van der Waals surface area contributed by atoms with E-state index in [2.05, 4.69) is 5.92 Å². The maximum absolute atomic E-state index is 5.53. The fraction of sp³-hybridized carbons (Fsp3) is 0.429. The zero-order valence-electron chi connectivity index (χ0n) is 9.74. The summed E-state index contributed by atoms with van der Waals surface area (Å²) in [5, 5.41) is 0. The number of methoxy groups -OCH3 is 1. The quantitative estimate of drug-likeness (QED) is 0.517. The van der Waals surface area contributed by atoms with Crippen LogP contribution in [0.3, 0.4) is 0 Å². The van der Waals surface area contributed by atoms with Gasteiger partial charge in [0.05, 0.1) is 13.7 Å². The molecule has 0 aliphatic carbocycles. The second-order valence-corrected chi connectivity index (χ2v) is 3.56. The Labute approximate surface area is 97.6 Å². The molecule has 0 aliphatic heterocycles. The fourth-order valence-electron chi connectivity index (χ4n) is 1.34. The van der Waals surface area contributed by atoms with Crippen LogP contribution in [0.5, 0.6) is 5.75 Å². The van der Waals surface area contributed by atoms with Gasteiger partial charge < -0.3 is 9.47 Å². The van der Waals surface area contributed by atoms with Gasteiger partial charge in [-0.1, -0.05) is 12.1 Å². The first kappa shape index (κ1) is 12.6. The molecule has 0 heterocycles. The van der Waals surface area contributed by atoms with E-state index in [0.29, 0.717) is 6.61 Å². The molecule has 2 nitrogen and oxygen atoms in total. The standard InChI is InChI=1S/C14H18O2/c1-3-4-5-6-11-16-12-13-7-9-14(15-2)10-8-13/h1,7-10H,4-6,11-12H2,2H3. The first-order valence-corrected chi connectivity index (χ1v) is 5.51. The molecule has 1 aromatic carbocycles.